The van der Waals surface area contributed by atoms with E-state index >= 15 is 0 Å². The zero-order chi connectivity index (χ0) is 14.3. The number of aryl methyl sites for hydroxylation is 4. The van der Waals surface area contributed by atoms with Crippen LogP contribution in [0.5, 0.6) is 0 Å². The molecule has 2 aromatic rings. The number of furan rings is 1. The summed E-state index contributed by atoms with van der Waals surface area (Å²) in [5.74, 6) is 1.86. The van der Waals surface area contributed by atoms with Crippen molar-refractivity contribution in [2.75, 3.05) is 0 Å². The van der Waals surface area contributed by atoms with Crippen LogP contribution in [0, 0.1) is 34.6 Å². The molecule has 1 unspecified atom stereocenters. The predicted octanol–water partition coefficient (Wildman–Crippen LogP) is 5.91. The number of rotatable bonds is 2. The topological polar surface area (TPSA) is 13.1 Å². The van der Waals surface area contributed by atoms with Crippen molar-refractivity contribution in [2.24, 2.45) is 0 Å². The van der Waals surface area contributed by atoms with Gasteiger partial charge in [0.15, 0.2) is 0 Å². The molecule has 19 heavy (non-hydrogen) atoms. The van der Waals surface area contributed by atoms with Crippen molar-refractivity contribution >= 4 is 27.5 Å². The summed E-state index contributed by atoms with van der Waals surface area (Å²) < 4.78 is 6.81. The number of hydrogen-bond donors (Lipinski definition) is 0. The van der Waals surface area contributed by atoms with Crippen LogP contribution in [0.25, 0.3) is 0 Å². The molecule has 1 nitrogen and oxygen atoms in total. The lowest BCUT2D eigenvalue weighted by Gasteiger charge is -2.15. The third-order valence-corrected chi connectivity index (χ3v) is 5.00. The molecule has 0 aliphatic rings. The Labute approximate surface area is 128 Å². The minimum absolute atomic E-state index is 0.163. The zero-order valence-corrected chi connectivity index (χ0v) is 14.2. The Bertz CT molecular complexity index is 628. The summed E-state index contributed by atoms with van der Waals surface area (Å²) >= 11 is 10.3. The van der Waals surface area contributed by atoms with E-state index in [1.54, 1.807) is 0 Å². The van der Waals surface area contributed by atoms with E-state index in [9.17, 15) is 0 Å². The van der Waals surface area contributed by atoms with Crippen LogP contribution < -0.4 is 0 Å². The SMILES string of the molecule is Cc1cc(C(Cl)c2c(C)oc(C)c2C)c(C)cc1Br. The number of halogens is 2. The van der Waals surface area contributed by atoms with Crippen LogP contribution >= 0.6 is 27.5 Å². The third kappa shape index (κ3) is 2.61. The first kappa shape index (κ1) is 14.7. The van der Waals surface area contributed by atoms with Gasteiger partial charge in [-0.1, -0.05) is 22.0 Å². The van der Waals surface area contributed by atoms with Crippen molar-refractivity contribution in [3.63, 3.8) is 0 Å². The van der Waals surface area contributed by atoms with Crippen LogP contribution in [0.1, 0.15) is 44.7 Å². The molecule has 0 spiro atoms. The van der Waals surface area contributed by atoms with Crippen molar-refractivity contribution in [2.45, 2.75) is 40.0 Å². The van der Waals surface area contributed by atoms with Gasteiger partial charge >= 0.3 is 0 Å². The van der Waals surface area contributed by atoms with Gasteiger partial charge in [-0.25, -0.2) is 0 Å². The Balaban J connectivity index is 2.56. The van der Waals surface area contributed by atoms with E-state index in [0.717, 1.165) is 32.7 Å². The van der Waals surface area contributed by atoms with Gasteiger partial charge in [0.1, 0.15) is 11.5 Å². The second kappa shape index (κ2) is 5.34. The van der Waals surface area contributed by atoms with E-state index in [1.165, 1.54) is 11.1 Å². The monoisotopic (exact) mass is 340 g/mol. The van der Waals surface area contributed by atoms with Crippen molar-refractivity contribution in [3.05, 3.63) is 55.9 Å². The van der Waals surface area contributed by atoms with Gasteiger partial charge in [0, 0.05) is 10.0 Å². The Hall–Kier alpha value is -0.730. The molecule has 0 radical (unpaired) electrons. The first-order valence-corrected chi connectivity index (χ1v) is 7.53. The molecule has 102 valence electrons. The van der Waals surface area contributed by atoms with Crippen molar-refractivity contribution in [1.82, 2.24) is 0 Å². The first-order chi connectivity index (χ1) is 8.82. The largest absolute Gasteiger partial charge is 0.466 e. The fraction of sp³-hybridized carbons (Fsp3) is 0.375. The maximum atomic E-state index is 6.71. The highest BCUT2D eigenvalue weighted by Crippen LogP contribution is 2.38. The van der Waals surface area contributed by atoms with Crippen LogP contribution in [0.2, 0.25) is 0 Å². The Morgan fingerprint density at radius 2 is 1.63 bits per heavy atom. The zero-order valence-electron chi connectivity index (χ0n) is 11.9. The van der Waals surface area contributed by atoms with Gasteiger partial charge in [-0.2, -0.15) is 0 Å². The summed E-state index contributed by atoms with van der Waals surface area (Å²) in [5.41, 5.74) is 5.78. The van der Waals surface area contributed by atoms with Gasteiger partial charge in [0.05, 0.1) is 5.38 Å². The maximum Gasteiger partial charge on any atom is 0.106 e. The minimum atomic E-state index is -0.163. The molecule has 0 bridgehead atoms. The van der Waals surface area contributed by atoms with E-state index in [2.05, 4.69) is 48.8 Å². The number of benzene rings is 1. The average molecular weight is 342 g/mol. The van der Waals surface area contributed by atoms with Crippen LogP contribution in [-0.2, 0) is 0 Å². The summed E-state index contributed by atoms with van der Waals surface area (Å²) in [6.07, 6.45) is 0. The molecule has 1 aromatic heterocycles. The summed E-state index contributed by atoms with van der Waals surface area (Å²) in [4.78, 5) is 0. The molecule has 1 atom stereocenters. The quantitative estimate of drug-likeness (QED) is 0.619. The van der Waals surface area contributed by atoms with Crippen LogP contribution in [0.3, 0.4) is 0 Å². The predicted molar refractivity (Wildman–Crippen MR) is 84.2 cm³/mol. The van der Waals surface area contributed by atoms with Gasteiger partial charge < -0.3 is 4.42 Å². The molecule has 0 saturated carbocycles. The van der Waals surface area contributed by atoms with E-state index in [0.29, 0.717) is 0 Å². The van der Waals surface area contributed by atoms with Crippen LogP contribution in [-0.4, -0.2) is 0 Å². The maximum absolute atomic E-state index is 6.71. The van der Waals surface area contributed by atoms with E-state index in [4.69, 9.17) is 16.0 Å². The van der Waals surface area contributed by atoms with Gasteiger partial charge in [0.2, 0.25) is 0 Å². The standard InChI is InChI=1S/C16H18BrClO/c1-8-7-14(17)9(2)6-13(8)16(18)15-10(3)11(4)19-12(15)5/h6-7,16H,1-5H3. The molecular formula is C16H18BrClO. The van der Waals surface area contributed by atoms with Gasteiger partial charge in [0.25, 0.3) is 0 Å². The Kier molecular flexibility index (Phi) is 4.12. The van der Waals surface area contributed by atoms with Gasteiger partial charge in [-0.15, -0.1) is 11.6 Å². The fourth-order valence-corrected chi connectivity index (χ4v) is 3.43. The van der Waals surface area contributed by atoms with Crippen molar-refractivity contribution in [1.29, 1.82) is 0 Å². The molecule has 1 aromatic carbocycles. The molecular weight excluding hydrogens is 324 g/mol. The normalized spacial score (nSPS) is 12.8. The molecule has 0 amide bonds. The molecule has 2 rings (SSSR count). The lowest BCUT2D eigenvalue weighted by atomic mass is 9.96. The summed E-state index contributed by atoms with van der Waals surface area (Å²) in [7, 11) is 0. The first-order valence-electron chi connectivity index (χ1n) is 6.30. The summed E-state index contributed by atoms with van der Waals surface area (Å²) in [6, 6.07) is 4.27. The van der Waals surface area contributed by atoms with E-state index < -0.39 is 0 Å². The second-order valence-corrected chi connectivity index (χ2v) is 6.36. The summed E-state index contributed by atoms with van der Waals surface area (Å²) in [6.45, 7) is 10.2. The molecule has 0 aliphatic heterocycles. The molecule has 0 N–H and O–H groups in total. The minimum Gasteiger partial charge on any atom is -0.466 e. The van der Waals surface area contributed by atoms with Crippen molar-refractivity contribution in [3.8, 4) is 0 Å². The molecule has 3 heteroatoms. The van der Waals surface area contributed by atoms with Gasteiger partial charge in [-0.3, -0.25) is 0 Å². The highest BCUT2D eigenvalue weighted by atomic mass is 79.9. The molecule has 0 aliphatic carbocycles. The average Bonchev–Trinajstić information content (AvgIpc) is 2.57. The second-order valence-electron chi connectivity index (χ2n) is 5.07. The molecule has 0 saturated heterocycles. The van der Waals surface area contributed by atoms with E-state index in [-0.39, 0.29) is 5.38 Å². The fourth-order valence-electron chi connectivity index (χ4n) is 2.42. The van der Waals surface area contributed by atoms with E-state index in [1.807, 2.05) is 13.8 Å². The molecule has 0 fully saturated rings. The highest BCUT2D eigenvalue weighted by molar-refractivity contribution is 9.10. The number of hydrogen-bond acceptors (Lipinski definition) is 1. The smallest absolute Gasteiger partial charge is 0.106 e. The highest BCUT2D eigenvalue weighted by Gasteiger charge is 2.22. The van der Waals surface area contributed by atoms with Crippen LogP contribution in [0.15, 0.2) is 21.0 Å². The summed E-state index contributed by atoms with van der Waals surface area (Å²) in [5, 5.41) is -0.163. The van der Waals surface area contributed by atoms with Crippen LogP contribution in [0.4, 0.5) is 0 Å². The Morgan fingerprint density at radius 3 is 2.16 bits per heavy atom. The number of alkyl halides is 1. The van der Waals surface area contributed by atoms with Gasteiger partial charge in [-0.05, 0) is 62.9 Å². The lowest BCUT2D eigenvalue weighted by molar-refractivity contribution is 0.500. The lowest BCUT2D eigenvalue weighted by Crippen LogP contribution is -2.00. The third-order valence-electron chi connectivity index (χ3n) is 3.69. The van der Waals surface area contributed by atoms with Crippen molar-refractivity contribution < 1.29 is 4.42 Å². The Morgan fingerprint density at radius 1 is 1.00 bits per heavy atom. The molecule has 1 heterocycles.